The first-order chi connectivity index (χ1) is 7.63. The van der Waals surface area contributed by atoms with Crippen LogP contribution in [0.25, 0.3) is 10.9 Å². The largest absolute Gasteiger partial charge is 0.361 e. The zero-order valence-electron chi connectivity index (χ0n) is 9.23. The highest BCUT2D eigenvalue weighted by Gasteiger charge is 2.13. The van der Waals surface area contributed by atoms with Gasteiger partial charge < -0.3 is 4.98 Å². The van der Waals surface area contributed by atoms with Gasteiger partial charge in [0.25, 0.3) is 0 Å². The summed E-state index contributed by atoms with van der Waals surface area (Å²) in [7, 11) is -3.11. The van der Waals surface area contributed by atoms with Crippen molar-refractivity contribution in [2.75, 3.05) is 5.75 Å². The maximum Gasteiger partial charge on any atom is 0.178 e. The fourth-order valence-electron chi connectivity index (χ4n) is 1.68. The summed E-state index contributed by atoms with van der Waals surface area (Å²) >= 11 is 0. The first kappa shape index (κ1) is 11.2. The summed E-state index contributed by atoms with van der Waals surface area (Å²) in [6.45, 7) is 1.99. The van der Waals surface area contributed by atoms with Crippen LogP contribution in [0.3, 0.4) is 0 Å². The standard InChI is InChI=1S/C12H15NO2S/c1-2-3-8-16(14,15)11-4-5-12-10(9-11)6-7-13-12/h4-7,9,13H,2-3,8H2,1H3. The first-order valence-electron chi connectivity index (χ1n) is 5.43. The quantitative estimate of drug-likeness (QED) is 0.888. The highest BCUT2D eigenvalue weighted by molar-refractivity contribution is 7.91. The minimum absolute atomic E-state index is 0.236. The summed E-state index contributed by atoms with van der Waals surface area (Å²) in [5.41, 5.74) is 0.967. The van der Waals surface area contributed by atoms with Gasteiger partial charge in [0.05, 0.1) is 10.6 Å². The molecule has 2 rings (SSSR count). The van der Waals surface area contributed by atoms with Crippen molar-refractivity contribution in [3.63, 3.8) is 0 Å². The molecule has 0 unspecified atom stereocenters. The molecular formula is C12H15NO2S. The summed E-state index contributed by atoms with van der Waals surface area (Å²) in [5, 5.41) is 0.942. The maximum absolute atomic E-state index is 11.9. The Labute approximate surface area is 95.4 Å². The number of aromatic amines is 1. The topological polar surface area (TPSA) is 49.9 Å². The Balaban J connectivity index is 2.39. The molecule has 1 heterocycles. The number of hydrogen-bond acceptors (Lipinski definition) is 2. The molecule has 1 aromatic heterocycles. The van der Waals surface area contributed by atoms with Crippen LogP contribution in [0.2, 0.25) is 0 Å². The number of H-pyrrole nitrogens is 1. The van der Waals surface area contributed by atoms with E-state index in [9.17, 15) is 8.42 Å². The zero-order valence-corrected chi connectivity index (χ0v) is 10.0. The molecule has 0 bridgehead atoms. The lowest BCUT2D eigenvalue weighted by atomic mass is 10.2. The zero-order chi connectivity index (χ0) is 11.6. The Morgan fingerprint density at radius 3 is 2.81 bits per heavy atom. The molecule has 0 saturated heterocycles. The van der Waals surface area contributed by atoms with Crippen molar-refractivity contribution in [2.45, 2.75) is 24.7 Å². The minimum atomic E-state index is -3.11. The van der Waals surface area contributed by atoms with Crippen LogP contribution >= 0.6 is 0 Å². The molecule has 1 N–H and O–H groups in total. The Hall–Kier alpha value is -1.29. The number of sulfone groups is 1. The average molecular weight is 237 g/mol. The van der Waals surface area contributed by atoms with Crippen molar-refractivity contribution in [1.82, 2.24) is 4.98 Å². The molecule has 0 aliphatic rings. The van der Waals surface area contributed by atoms with Crippen LogP contribution in [-0.4, -0.2) is 19.2 Å². The lowest BCUT2D eigenvalue weighted by molar-refractivity contribution is 0.593. The van der Waals surface area contributed by atoms with Crippen molar-refractivity contribution in [3.05, 3.63) is 30.5 Å². The van der Waals surface area contributed by atoms with Gasteiger partial charge >= 0.3 is 0 Å². The molecule has 0 aliphatic carbocycles. The van der Waals surface area contributed by atoms with Crippen LogP contribution in [0.5, 0.6) is 0 Å². The minimum Gasteiger partial charge on any atom is -0.361 e. The molecule has 0 fully saturated rings. The molecule has 3 nitrogen and oxygen atoms in total. The fraction of sp³-hybridized carbons (Fsp3) is 0.333. The number of hydrogen-bond donors (Lipinski definition) is 1. The van der Waals surface area contributed by atoms with Gasteiger partial charge in [-0.05, 0) is 30.7 Å². The van der Waals surface area contributed by atoms with E-state index in [4.69, 9.17) is 0 Å². The van der Waals surface area contributed by atoms with Crippen LogP contribution in [0.1, 0.15) is 19.8 Å². The highest BCUT2D eigenvalue weighted by atomic mass is 32.2. The van der Waals surface area contributed by atoms with Gasteiger partial charge in [0.2, 0.25) is 0 Å². The second kappa shape index (κ2) is 4.29. The van der Waals surface area contributed by atoms with Crippen molar-refractivity contribution in [1.29, 1.82) is 0 Å². The molecule has 0 aliphatic heterocycles. The van der Waals surface area contributed by atoms with E-state index in [0.717, 1.165) is 17.3 Å². The number of unbranched alkanes of at least 4 members (excludes halogenated alkanes) is 1. The molecule has 16 heavy (non-hydrogen) atoms. The van der Waals surface area contributed by atoms with Crippen LogP contribution in [-0.2, 0) is 9.84 Å². The van der Waals surface area contributed by atoms with Crippen LogP contribution in [0.4, 0.5) is 0 Å². The van der Waals surface area contributed by atoms with Gasteiger partial charge in [-0.3, -0.25) is 0 Å². The highest BCUT2D eigenvalue weighted by Crippen LogP contribution is 2.19. The van der Waals surface area contributed by atoms with Crippen molar-refractivity contribution in [3.8, 4) is 0 Å². The van der Waals surface area contributed by atoms with E-state index in [-0.39, 0.29) is 5.75 Å². The number of rotatable bonds is 4. The normalized spacial score (nSPS) is 12.1. The molecule has 0 spiro atoms. The van der Waals surface area contributed by atoms with E-state index >= 15 is 0 Å². The van der Waals surface area contributed by atoms with Crippen molar-refractivity contribution >= 4 is 20.7 Å². The summed E-state index contributed by atoms with van der Waals surface area (Å²) in [5.74, 6) is 0.236. The van der Waals surface area contributed by atoms with Gasteiger partial charge in [-0.25, -0.2) is 8.42 Å². The van der Waals surface area contributed by atoms with Crippen LogP contribution in [0, 0.1) is 0 Å². The molecule has 0 saturated carbocycles. The van der Waals surface area contributed by atoms with Crippen molar-refractivity contribution < 1.29 is 8.42 Å². The van der Waals surface area contributed by atoms with E-state index in [1.807, 2.05) is 25.3 Å². The maximum atomic E-state index is 11.9. The van der Waals surface area contributed by atoms with Gasteiger partial charge in [-0.15, -0.1) is 0 Å². The second-order valence-corrected chi connectivity index (χ2v) is 6.01. The molecule has 4 heteroatoms. The second-order valence-electron chi connectivity index (χ2n) is 3.90. The molecule has 1 aromatic carbocycles. The van der Waals surface area contributed by atoms with Crippen molar-refractivity contribution in [2.24, 2.45) is 0 Å². The van der Waals surface area contributed by atoms with E-state index in [2.05, 4.69) is 4.98 Å². The Bertz CT molecular complexity index is 584. The van der Waals surface area contributed by atoms with Gasteiger partial charge in [-0.1, -0.05) is 13.3 Å². The molecule has 0 radical (unpaired) electrons. The average Bonchev–Trinajstić information content (AvgIpc) is 2.73. The Morgan fingerprint density at radius 1 is 1.25 bits per heavy atom. The van der Waals surface area contributed by atoms with Crippen LogP contribution in [0.15, 0.2) is 35.4 Å². The van der Waals surface area contributed by atoms with E-state index < -0.39 is 9.84 Å². The molecule has 0 amide bonds. The third-order valence-electron chi connectivity index (χ3n) is 2.65. The predicted octanol–water partition coefficient (Wildman–Crippen LogP) is 2.74. The van der Waals surface area contributed by atoms with E-state index in [0.29, 0.717) is 11.3 Å². The predicted molar refractivity (Wildman–Crippen MR) is 65.3 cm³/mol. The van der Waals surface area contributed by atoms with Crippen LogP contribution < -0.4 is 0 Å². The lowest BCUT2D eigenvalue weighted by Gasteiger charge is -2.03. The molecule has 86 valence electrons. The van der Waals surface area contributed by atoms with Gasteiger partial charge in [0.1, 0.15) is 0 Å². The Morgan fingerprint density at radius 2 is 2.06 bits per heavy atom. The number of fused-ring (bicyclic) bond motifs is 1. The third kappa shape index (κ3) is 2.11. The number of nitrogens with one attached hydrogen (secondary N) is 1. The van der Waals surface area contributed by atoms with Gasteiger partial charge in [0.15, 0.2) is 9.84 Å². The molecule has 0 atom stereocenters. The smallest absolute Gasteiger partial charge is 0.178 e. The number of benzene rings is 1. The number of aromatic nitrogens is 1. The van der Waals surface area contributed by atoms with Gasteiger partial charge in [0, 0.05) is 17.1 Å². The summed E-state index contributed by atoms with van der Waals surface area (Å²) in [4.78, 5) is 3.47. The SMILES string of the molecule is CCCCS(=O)(=O)c1ccc2[nH]ccc2c1. The summed E-state index contributed by atoms with van der Waals surface area (Å²) < 4.78 is 23.9. The van der Waals surface area contributed by atoms with Gasteiger partial charge in [-0.2, -0.15) is 0 Å². The summed E-state index contributed by atoms with van der Waals surface area (Å²) in [6, 6.07) is 7.10. The summed E-state index contributed by atoms with van der Waals surface area (Å²) in [6.07, 6.45) is 3.42. The lowest BCUT2D eigenvalue weighted by Crippen LogP contribution is -2.06. The first-order valence-corrected chi connectivity index (χ1v) is 7.08. The van der Waals surface area contributed by atoms with E-state index in [1.54, 1.807) is 12.1 Å². The van der Waals surface area contributed by atoms with E-state index in [1.165, 1.54) is 0 Å². The molecule has 2 aromatic rings. The third-order valence-corrected chi connectivity index (χ3v) is 4.45. The fourth-order valence-corrected chi connectivity index (χ4v) is 3.16. The Kier molecular flexibility index (Phi) is 3.01. The molecular weight excluding hydrogens is 222 g/mol. The monoisotopic (exact) mass is 237 g/mol.